The Morgan fingerprint density at radius 2 is 2.27 bits per heavy atom. The van der Waals surface area contributed by atoms with Crippen molar-refractivity contribution in [3.63, 3.8) is 0 Å². The topological polar surface area (TPSA) is 64.4 Å². The first-order valence-corrected chi connectivity index (χ1v) is 4.79. The highest BCUT2D eigenvalue weighted by Crippen LogP contribution is 2.24. The molecule has 0 bridgehead atoms. The van der Waals surface area contributed by atoms with Crippen LogP contribution in [0.5, 0.6) is 5.75 Å². The van der Waals surface area contributed by atoms with Gasteiger partial charge in [-0.25, -0.2) is 0 Å². The highest BCUT2D eigenvalue weighted by molar-refractivity contribution is 5.44. The molecule has 0 saturated carbocycles. The first-order chi connectivity index (χ1) is 7.16. The molecule has 0 aromatic heterocycles. The molecule has 1 aromatic rings. The van der Waals surface area contributed by atoms with Gasteiger partial charge in [0.1, 0.15) is 11.9 Å². The molecule has 5 nitrogen and oxygen atoms in total. The van der Waals surface area contributed by atoms with Crippen molar-refractivity contribution in [2.75, 3.05) is 13.1 Å². The maximum absolute atomic E-state index is 10.6. The lowest BCUT2D eigenvalue weighted by Gasteiger charge is -2.27. The van der Waals surface area contributed by atoms with E-state index < -0.39 is 0 Å². The van der Waals surface area contributed by atoms with E-state index in [1.807, 2.05) is 0 Å². The quantitative estimate of drug-likeness (QED) is 0.599. The summed E-state index contributed by atoms with van der Waals surface area (Å²) in [6, 6.07) is 4.83. The summed E-state index contributed by atoms with van der Waals surface area (Å²) in [6.07, 6.45) is 0.200. The van der Waals surface area contributed by atoms with Crippen molar-refractivity contribution in [2.24, 2.45) is 0 Å². The third-order valence-electron chi connectivity index (χ3n) is 2.41. The van der Waals surface area contributed by atoms with E-state index in [0.717, 1.165) is 13.1 Å². The number of nitro benzene ring substituents is 1. The number of nitrogens with zero attached hydrogens (tertiary/aromatic N) is 1. The van der Waals surface area contributed by atoms with Crippen LogP contribution < -0.4 is 10.1 Å². The van der Waals surface area contributed by atoms with Gasteiger partial charge in [0.15, 0.2) is 0 Å². The van der Waals surface area contributed by atoms with Crippen LogP contribution >= 0.6 is 0 Å². The number of nitro groups is 1. The molecule has 0 unspecified atom stereocenters. The van der Waals surface area contributed by atoms with Gasteiger partial charge in [0, 0.05) is 24.7 Å². The first-order valence-electron chi connectivity index (χ1n) is 4.79. The van der Waals surface area contributed by atoms with E-state index in [-0.39, 0.29) is 16.7 Å². The predicted molar refractivity (Wildman–Crippen MR) is 55.1 cm³/mol. The Bertz CT molecular complexity index is 388. The van der Waals surface area contributed by atoms with Gasteiger partial charge in [0.25, 0.3) is 5.69 Å². The summed E-state index contributed by atoms with van der Waals surface area (Å²) >= 11 is 0. The molecular weight excluding hydrogens is 196 g/mol. The second kappa shape index (κ2) is 3.86. The van der Waals surface area contributed by atoms with E-state index in [0.29, 0.717) is 11.3 Å². The Balaban J connectivity index is 2.13. The van der Waals surface area contributed by atoms with Crippen LogP contribution in [-0.4, -0.2) is 24.1 Å². The molecule has 0 atom stereocenters. The molecule has 1 saturated heterocycles. The molecule has 1 N–H and O–H groups in total. The average Bonchev–Trinajstić information content (AvgIpc) is 2.11. The fourth-order valence-electron chi connectivity index (χ4n) is 1.44. The molecule has 1 heterocycles. The van der Waals surface area contributed by atoms with Crippen molar-refractivity contribution >= 4 is 5.69 Å². The molecule has 0 radical (unpaired) electrons. The minimum atomic E-state index is -0.385. The minimum absolute atomic E-state index is 0.133. The summed E-state index contributed by atoms with van der Waals surface area (Å²) < 4.78 is 5.58. The molecule has 0 aliphatic carbocycles. The molecule has 5 heteroatoms. The zero-order valence-corrected chi connectivity index (χ0v) is 8.40. The van der Waals surface area contributed by atoms with Crippen LogP contribution in [0.2, 0.25) is 0 Å². The third-order valence-corrected chi connectivity index (χ3v) is 2.41. The molecule has 80 valence electrons. The van der Waals surface area contributed by atoms with Gasteiger partial charge in [0.05, 0.1) is 4.92 Å². The fraction of sp³-hybridized carbons (Fsp3) is 0.400. The van der Waals surface area contributed by atoms with Crippen LogP contribution in [0.25, 0.3) is 0 Å². The molecular formula is C10H12N2O3. The van der Waals surface area contributed by atoms with Crippen molar-refractivity contribution in [1.82, 2.24) is 5.32 Å². The van der Waals surface area contributed by atoms with Crippen molar-refractivity contribution in [1.29, 1.82) is 0 Å². The number of ether oxygens (including phenoxy) is 1. The van der Waals surface area contributed by atoms with E-state index in [1.165, 1.54) is 6.07 Å². The lowest BCUT2D eigenvalue weighted by atomic mass is 10.2. The number of aryl methyl sites for hydroxylation is 1. The zero-order valence-electron chi connectivity index (χ0n) is 8.40. The third kappa shape index (κ3) is 2.07. The summed E-state index contributed by atoms with van der Waals surface area (Å²) in [6.45, 7) is 3.40. The van der Waals surface area contributed by atoms with Crippen LogP contribution in [0.4, 0.5) is 5.69 Å². The Hall–Kier alpha value is -1.62. The van der Waals surface area contributed by atoms with Crippen molar-refractivity contribution in [2.45, 2.75) is 13.0 Å². The average molecular weight is 208 g/mol. The fourth-order valence-corrected chi connectivity index (χ4v) is 1.44. The van der Waals surface area contributed by atoms with Gasteiger partial charge in [-0.3, -0.25) is 10.1 Å². The summed E-state index contributed by atoms with van der Waals surface area (Å²) in [4.78, 5) is 10.2. The molecule has 1 fully saturated rings. The summed E-state index contributed by atoms with van der Waals surface area (Å²) in [5, 5.41) is 13.7. The Kier molecular flexibility index (Phi) is 2.55. The Morgan fingerprint density at radius 3 is 2.73 bits per heavy atom. The lowest BCUT2D eigenvalue weighted by molar-refractivity contribution is -0.385. The number of nitrogens with one attached hydrogen (secondary N) is 1. The number of hydrogen-bond donors (Lipinski definition) is 1. The first kappa shape index (κ1) is 9.92. The van der Waals surface area contributed by atoms with Gasteiger partial charge in [-0.2, -0.15) is 0 Å². The van der Waals surface area contributed by atoms with E-state index in [1.54, 1.807) is 19.1 Å². The molecule has 15 heavy (non-hydrogen) atoms. The Morgan fingerprint density at radius 1 is 1.53 bits per heavy atom. The lowest BCUT2D eigenvalue weighted by Crippen LogP contribution is -2.50. The molecule has 2 rings (SSSR count). The standard InChI is InChI=1S/C10H12N2O3/c1-7-4-8(15-9-5-11-6-9)2-3-10(7)12(13)14/h2-4,9,11H,5-6H2,1H3. The summed E-state index contributed by atoms with van der Waals surface area (Å²) in [5.41, 5.74) is 0.763. The highest BCUT2D eigenvalue weighted by atomic mass is 16.6. The van der Waals surface area contributed by atoms with Gasteiger partial charge in [-0.1, -0.05) is 0 Å². The van der Waals surface area contributed by atoms with Crippen LogP contribution in [0.1, 0.15) is 5.56 Å². The SMILES string of the molecule is Cc1cc(OC2CNC2)ccc1[N+](=O)[O-]. The highest BCUT2D eigenvalue weighted by Gasteiger charge is 2.19. The maximum atomic E-state index is 10.6. The summed E-state index contributed by atoms with van der Waals surface area (Å²) in [7, 11) is 0. The minimum Gasteiger partial charge on any atom is -0.488 e. The molecule has 1 aliphatic heterocycles. The van der Waals surface area contributed by atoms with E-state index in [2.05, 4.69) is 5.32 Å². The van der Waals surface area contributed by atoms with Crippen molar-refractivity contribution < 1.29 is 9.66 Å². The monoisotopic (exact) mass is 208 g/mol. The molecule has 1 aromatic carbocycles. The van der Waals surface area contributed by atoms with Gasteiger partial charge < -0.3 is 10.1 Å². The van der Waals surface area contributed by atoms with E-state index in [9.17, 15) is 10.1 Å². The van der Waals surface area contributed by atoms with Gasteiger partial charge >= 0.3 is 0 Å². The zero-order chi connectivity index (χ0) is 10.8. The largest absolute Gasteiger partial charge is 0.488 e. The molecule has 1 aliphatic rings. The van der Waals surface area contributed by atoms with Gasteiger partial charge in [-0.05, 0) is 19.1 Å². The Labute approximate surface area is 87.2 Å². The van der Waals surface area contributed by atoms with E-state index in [4.69, 9.17) is 4.74 Å². The predicted octanol–water partition coefficient (Wildman–Crippen LogP) is 1.25. The molecule has 0 spiro atoms. The normalized spacial score (nSPS) is 15.8. The number of rotatable bonds is 3. The number of benzene rings is 1. The second-order valence-electron chi connectivity index (χ2n) is 3.60. The van der Waals surface area contributed by atoms with E-state index >= 15 is 0 Å². The van der Waals surface area contributed by atoms with Crippen LogP contribution in [0.15, 0.2) is 18.2 Å². The van der Waals surface area contributed by atoms with Crippen LogP contribution in [0, 0.1) is 17.0 Å². The van der Waals surface area contributed by atoms with Gasteiger partial charge in [-0.15, -0.1) is 0 Å². The second-order valence-corrected chi connectivity index (χ2v) is 3.60. The summed E-state index contributed by atoms with van der Waals surface area (Å²) in [5.74, 6) is 0.699. The maximum Gasteiger partial charge on any atom is 0.272 e. The van der Waals surface area contributed by atoms with Gasteiger partial charge in [0.2, 0.25) is 0 Å². The van der Waals surface area contributed by atoms with Crippen LogP contribution in [-0.2, 0) is 0 Å². The van der Waals surface area contributed by atoms with Crippen LogP contribution in [0.3, 0.4) is 0 Å². The van der Waals surface area contributed by atoms with Crippen molar-refractivity contribution in [3.8, 4) is 5.75 Å². The molecule has 0 amide bonds. The smallest absolute Gasteiger partial charge is 0.272 e. The van der Waals surface area contributed by atoms with Crippen molar-refractivity contribution in [3.05, 3.63) is 33.9 Å². The number of hydrogen-bond acceptors (Lipinski definition) is 4.